The van der Waals surface area contributed by atoms with E-state index in [9.17, 15) is 9.59 Å². The Morgan fingerprint density at radius 1 is 1.00 bits per heavy atom. The Labute approximate surface area is 191 Å². The highest BCUT2D eigenvalue weighted by Crippen LogP contribution is 2.45. The van der Waals surface area contributed by atoms with Gasteiger partial charge in [0.25, 0.3) is 11.8 Å². The number of rotatable bonds is 5. The van der Waals surface area contributed by atoms with E-state index in [1.807, 2.05) is 30.3 Å². The molecule has 0 saturated heterocycles. The topological polar surface area (TPSA) is 93.4 Å². The van der Waals surface area contributed by atoms with Gasteiger partial charge in [-0.2, -0.15) is 0 Å². The molecular weight excluding hydrogens is 422 g/mol. The zero-order chi connectivity index (χ0) is 23.1. The molecule has 2 amide bonds. The van der Waals surface area contributed by atoms with Gasteiger partial charge in [-0.1, -0.05) is 18.2 Å². The van der Waals surface area contributed by atoms with Gasteiger partial charge in [-0.25, -0.2) is 0 Å². The standard InChI is InChI=1S/C25H27N3O3S/c1-24(2)14-18-19(21(26)29)23(32-20(18)25(3,4)28-24)27-22(30)15-10-12-17(13-11-15)31-16-8-6-5-7-9-16/h5-13,28H,14H2,1-4H3,(H2,26,29)(H,27,30). The predicted octanol–water partition coefficient (Wildman–Crippen LogP) is 5.05. The first kappa shape index (κ1) is 22.0. The van der Waals surface area contributed by atoms with E-state index >= 15 is 0 Å². The van der Waals surface area contributed by atoms with Crippen molar-refractivity contribution in [1.82, 2.24) is 5.32 Å². The van der Waals surface area contributed by atoms with Gasteiger partial charge in [0.1, 0.15) is 16.5 Å². The number of nitrogens with two attached hydrogens (primary N) is 1. The van der Waals surface area contributed by atoms with Crippen LogP contribution in [0.25, 0.3) is 0 Å². The maximum atomic E-state index is 12.9. The Morgan fingerprint density at radius 3 is 2.25 bits per heavy atom. The van der Waals surface area contributed by atoms with Crippen molar-refractivity contribution in [3.8, 4) is 11.5 Å². The van der Waals surface area contributed by atoms with Crippen molar-refractivity contribution in [2.24, 2.45) is 5.73 Å². The smallest absolute Gasteiger partial charge is 0.256 e. The van der Waals surface area contributed by atoms with Gasteiger partial charge in [0, 0.05) is 21.5 Å². The fourth-order valence-corrected chi connectivity index (χ4v) is 5.63. The summed E-state index contributed by atoms with van der Waals surface area (Å²) in [4.78, 5) is 26.3. The molecule has 1 aliphatic rings. The number of ether oxygens (including phenoxy) is 1. The summed E-state index contributed by atoms with van der Waals surface area (Å²) in [5, 5.41) is 7.01. The number of benzene rings is 2. The zero-order valence-electron chi connectivity index (χ0n) is 18.6. The number of primary amides is 1. The van der Waals surface area contributed by atoms with Crippen molar-refractivity contribution in [3.05, 3.63) is 76.2 Å². The number of amides is 2. The quantitative estimate of drug-likeness (QED) is 0.508. The number of carbonyl (C=O) groups is 2. The fraction of sp³-hybridized carbons (Fsp3) is 0.280. The zero-order valence-corrected chi connectivity index (χ0v) is 19.4. The molecule has 1 aliphatic heterocycles. The third-order valence-corrected chi connectivity index (χ3v) is 6.88. The summed E-state index contributed by atoms with van der Waals surface area (Å²) in [5.74, 6) is 0.520. The Morgan fingerprint density at radius 2 is 1.62 bits per heavy atom. The molecule has 0 saturated carbocycles. The van der Waals surface area contributed by atoms with Crippen molar-refractivity contribution in [3.63, 3.8) is 0 Å². The van der Waals surface area contributed by atoms with E-state index in [1.54, 1.807) is 24.3 Å². The number of para-hydroxylation sites is 1. The highest BCUT2D eigenvalue weighted by atomic mass is 32.1. The third-order valence-electron chi connectivity index (χ3n) is 5.41. The number of hydrogen-bond acceptors (Lipinski definition) is 5. The van der Waals surface area contributed by atoms with Gasteiger partial charge in [0.05, 0.1) is 5.56 Å². The number of hydrogen-bond donors (Lipinski definition) is 3. The molecule has 0 atom stereocenters. The Bertz CT molecular complexity index is 1170. The number of nitrogens with one attached hydrogen (secondary N) is 2. The van der Waals surface area contributed by atoms with Crippen LogP contribution in [-0.2, 0) is 12.0 Å². The fourth-order valence-electron chi connectivity index (χ4n) is 4.35. The minimum atomic E-state index is -0.530. The summed E-state index contributed by atoms with van der Waals surface area (Å²) in [6.45, 7) is 8.34. The minimum Gasteiger partial charge on any atom is -0.457 e. The summed E-state index contributed by atoms with van der Waals surface area (Å²) >= 11 is 1.41. The van der Waals surface area contributed by atoms with Crippen molar-refractivity contribution >= 4 is 28.2 Å². The summed E-state index contributed by atoms with van der Waals surface area (Å²) in [5.41, 5.74) is 6.99. The molecule has 3 aromatic rings. The molecule has 0 spiro atoms. The molecule has 32 heavy (non-hydrogen) atoms. The van der Waals surface area contributed by atoms with Crippen LogP contribution in [0.2, 0.25) is 0 Å². The molecule has 0 radical (unpaired) electrons. The number of fused-ring (bicyclic) bond motifs is 1. The van der Waals surface area contributed by atoms with Gasteiger partial charge < -0.3 is 21.1 Å². The highest BCUT2D eigenvalue weighted by Gasteiger charge is 2.41. The normalized spacial score (nSPS) is 16.1. The SMILES string of the molecule is CC1(C)Cc2c(sc(NC(=O)c3ccc(Oc4ccccc4)cc3)c2C(N)=O)C(C)(C)N1. The average Bonchev–Trinajstić information content (AvgIpc) is 3.06. The predicted molar refractivity (Wildman–Crippen MR) is 128 cm³/mol. The van der Waals surface area contributed by atoms with Gasteiger partial charge in [-0.15, -0.1) is 11.3 Å². The largest absolute Gasteiger partial charge is 0.457 e. The van der Waals surface area contributed by atoms with Crippen LogP contribution >= 0.6 is 11.3 Å². The van der Waals surface area contributed by atoms with Crippen molar-refractivity contribution in [2.45, 2.75) is 45.2 Å². The van der Waals surface area contributed by atoms with E-state index in [1.165, 1.54) is 11.3 Å². The second-order valence-corrected chi connectivity index (χ2v) is 10.2. The van der Waals surface area contributed by atoms with E-state index in [-0.39, 0.29) is 17.0 Å². The molecule has 4 N–H and O–H groups in total. The molecule has 0 fully saturated rings. The number of carbonyl (C=O) groups excluding carboxylic acids is 2. The Balaban J connectivity index is 1.59. The van der Waals surface area contributed by atoms with Gasteiger partial charge in [0.2, 0.25) is 0 Å². The first-order valence-electron chi connectivity index (χ1n) is 10.5. The van der Waals surface area contributed by atoms with Crippen molar-refractivity contribution < 1.29 is 14.3 Å². The Kier molecular flexibility index (Phi) is 5.56. The lowest BCUT2D eigenvalue weighted by Gasteiger charge is -2.42. The van der Waals surface area contributed by atoms with Crippen LogP contribution in [0.4, 0.5) is 5.00 Å². The van der Waals surface area contributed by atoms with E-state index in [4.69, 9.17) is 10.5 Å². The van der Waals surface area contributed by atoms with Crippen LogP contribution in [0, 0.1) is 0 Å². The lowest BCUT2D eigenvalue weighted by Crippen LogP contribution is -2.55. The van der Waals surface area contributed by atoms with Crippen LogP contribution in [0.5, 0.6) is 11.5 Å². The first-order valence-corrected chi connectivity index (χ1v) is 11.3. The summed E-state index contributed by atoms with van der Waals surface area (Å²) in [6, 6.07) is 16.3. The number of anilines is 1. The maximum absolute atomic E-state index is 12.9. The van der Waals surface area contributed by atoms with E-state index in [0.29, 0.717) is 28.3 Å². The van der Waals surface area contributed by atoms with Gasteiger partial charge in [-0.05, 0) is 76.1 Å². The lowest BCUT2D eigenvalue weighted by atomic mass is 9.81. The van der Waals surface area contributed by atoms with Crippen molar-refractivity contribution in [1.29, 1.82) is 0 Å². The van der Waals surface area contributed by atoms with Gasteiger partial charge >= 0.3 is 0 Å². The van der Waals surface area contributed by atoms with Crippen LogP contribution in [0.1, 0.15) is 58.9 Å². The lowest BCUT2D eigenvalue weighted by molar-refractivity contribution is 0.0999. The molecule has 0 bridgehead atoms. The second kappa shape index (κ2) is 8.07. The van der Waals surface area contributed by atoms with Crippen LogP contribution in [0.15, 0.2) is 54.6 Å². The summed E-state index contributed by atoms with van der Waals surface area (Å²) in [6.07, 6.45) is 0.655. The van der Waals surface area contributed by atoms with Crippen LogP contribution in [-0.4, -0.2) is 17.4 Å². The molecule has 4 rings (SSSR count). The van der Waals surface area contributed by atoms with Crippen LogP contribution in [0.3, 0.4) is 0 Å². The van der Waals surface area contributed by atoms with E-state index in [2.05, 4.69) is 38.3 Å². The maximum Gasteiger partial charge on any atom is 0.256 e. The van der Waals surface area contributed by atoms with Gasteiger partial charge in [-0.3, -0.25) is 9.59 Å². The molecule has 2 heterocycles. The van der Waals surface area contributed by atoms with E-state index < -0.39 is 5.91 Å². The molecule has 0 unspecified atom stereocenters. The monoisotopic (exact) mass is 449 g/mol. The minimum absolute atomic E-state index is 0.197. The highest BCUT2D eigenvalue weighted by molar-refractivity contribution is 7.17. The van der Waals surface area contributed by atoms with Crippen molar-refractivity contribution in [2.75, 3.05) is 5.32 Å². The van der Waals surface area contributed by atoms with Gasteiger partial charge in [0.15, 0.2) is 0 Å². The summed E-state index contributed by atoms with van der Waals surface area (Å²) < 4.78 is 5.78. The molecule has 0 aliphatic carbocycles. The molecule has 6 nitrogen and oxygen atoms in total. The molecule has 7 heteroatoms. The van der Waals surface area contributed by atoms with E-state index in [0.717, 1.165) is 16.2 Å². The van der Waals surface area contributed by atoms with Crippen LogP contribution < -0.4 is 21.1 Å². The average molecular weight is 450 g/mol. The molecule has 2 aromatic carbocycles. The molecule has 166 valence electrons. The first-order chi connectivity index (χ1) is 15.1. The summed E-state index contributed by atoms with van der Waals surface area (Å²) in [7, 11) is 0. The molecule has 1 aromatic heterocycles. The third kappa shape index (κ3) is 4.40. The molecular formula is C25H27N3O3S. The number of thiophene rings is 1. The second-order valence-electron chi connectivity index (χ2n) is 9.18. The Hall–Kier alpha value is -3.16.